The van der Waals surface area contributed by atoms with E-state index in [1.165, 1.54) is 0 Å². The zero-order chi connectivity index (χ0) is 11.3. The first-order valence-electron chi connectivity index (χ1n) is 5.40. The molecule has 0 aliphatic heterocycles. The Morgan fingerprint density at radius 3 is 2.47 bits per heavy atom. The lowest BCUT2D eigenvalue weighted by Crippen LogP contribution is -2.13. The molecule has 0 heterocycles. The van der Waals surface area contributed by atoms with Gasteiger partial charge in [0.05, 0.1) is 12.8 Å². The molecule has 1 aromatic carbocycles. The van der Waals surface area contributed by atoms with Crippen LogP contribution in [0.15, 0.2) is 24.3 Å². The fraction of sp³-hybridized carbons (Fsp3) is 0.538. The van der Waals surface area contributed by atoms with E-state index >= 15 is 0 Å². The molecule has 2 heteroatoms. The molecule has 0 saturated heterocycles. The highest BCUT2D eigenvalue weighted by Crippen LogP contribution is 2.24. The van der Waals surface area contributed by atoms with Gasteiger partial charge in [0.2, 0.25) is 0 Å². The van der Waals surface area contributed by atoms with Crippen LogP contribution >= 0.6 is 0 Å². The molecule has 0 radical (unpaired) electrons. The Balaban J connectivity index is 2.50. The van der Waals surface area contributed by atoms with Crippen LogP contribution in [0.1, 0.15) is 27.2 Å². The maximum Gasteiger partial charge on any atom is 0.141 e. The van der Waals surface area contributed by atoms with Crippen molar-refractivity contribution in [2.45, 2.75) is 27.2 Å². The van der Waals surface area contributed by atoms with Crippen molar-refractivity contribution in [3.05, 3.63) is 24.3 Å². The molecule has 84 valence electrons. The summed E-state index contributed by atoms with van der Waals surface area (Å²) in [7, 11) is 1.70. The van der Waals surface area contributed by atoms with E-state index in [4.69, 9.17) is 4.74 Å². The second-order valence-electron chi connectivity index (χ2n) is 4.94. The van der Waals surface area contributed by atoms with E-state index in [2.05, 4.69) is 26.1 Å². The summed E-state index contributed by atoms with van der Waals surface area (Å²) in [6.45, 7) is 7.72. The summed E-state index contributed by atoms with van der Waals surface area (Å²) in [5, 5.41) is 3.40. The summed E-state index contributed by atoms with van der Waals surface area (Å²) >= 11 is 0. The van der Waals surface area contributed by atoms with Crippen molar-refractivity contribution in [2.75, 3.05) is 19.0 Å². The summed E-state index contributed by atoms with van der Waals surface area (Å²) in [6.07, 6.45) is 1.14. The van der Waals surface area contributed by atoms with Crippen LogP contribution in [0.2, 0.25) is 0 Å². The maximum atomic E-state index is 5.27. The molecule has 0 amide bonds. The average molecular weight is 207 g/mol. The van der Waals surface area contributed by atoms with Crippen LogP contribution in [0.4, 0.5) is 5.69 Å². The van der Waals surface area contributed by atoms with Gasteiger partial charge in [-0.2, -0.15) is 0 Å². The molecular formula is C13H21NO. The summed E-state index contributed by atoms with van der Waals surface area (Å²) < 4.78 is 5.27. The van der Waals surface area contributed by atoms with Crippen molar-refractivity contribution in [2.24, 2.45) is 5.41 Å². The van der Waals surface area contributed by atoms with E-state index in [1.807, 2.05) is 24.3 Å². The second kappa shape index (κ2) is 5.06. The quantitative estimate of drug-likeness (QED) is 0.815. The van der Waals surface area contributed by atoms with E-state index in [9.17, 15) is 0 Å². The third-order valence-electron chi connectivity index (χ3n) is 2.30. The van der Waals surface area contributed by atoms with Gasteiger partial charge >= 0.3 is 0 Å². The molecule has 0 atom stereocenters. The highest BCUT2D eigenvalue weighted by Gasteiger charge is 2.09. The largest absolute Gasteiger partial charge is 0.495 e. The van der Waals surface area contributed by atoms with Gasteiger partial charge in [0.25, 0.3) is 0 Å². The number of benzene rings is 1. The molecule has 0 aliphatic carbocycles. The van der Waals surface area contributed by atoms with Crippen molar-refractivity contribution in [3.8, 4) is 5.75 Å². The van der Waals surface area contributed by atoms with Gasteiger partial charge in [0, 0.05) is 6.54 Å². The molecule has 0 fully saturated rings. The lowest BCUT2D eigenvalue weighted by atomic mass is 9.92. The second-order valence-corrected chi connectivity index (χ2v) is 4.94. The third kappa shape index (κ3) is 4.24. The molecule has 1 aromatic rings. The molecule has 0 aliphatic rings. The zero-order valence-corrected chi connectivity index (χ0v) is 10.1. The molecular weight excluding hydrogens is 186 g/mol. The number of methoxy groups -OCH3 is 1. The van der Waals surface area contributed by atoms with Crippen LogP contribution in [-0.2, 0) is 0 Å². The number of ether oxygens (including phenoxy) is 1. The number of hydrogen-bond donors (Lipinski definition) is 1. The Bertz CT molecular complexity index is 302. The fourth-order valence-electron chi connectivity index (χ4n) is 1.36. The summed E-state index contributed by atoms with van der Waals surface area (Å²) in [4.78, 5) is 0. The van der Waals surface area contributed by atoms with Gasteiger partial charge in [-0.3, -0.25) is 0 Å². The molecule has 1 N–H and O–H groups in total. The Morgan fingerprint density at radius 2 is 1.87 bits per heavy atom. The minimum absolute atomic E-state index is 0.370. The molecule has 0 aromatic heterocycles. The van der Waals surface area contributed by atoms with Crippen LogP contribution < -0.4 is 10.1 Å². The predicted octanol–water partition coefficient (Wildman–Crippen LogP) is 3.54. The van der Waals surface area contributed by atoms with E-state index in [0.29, 0.717) is 5.41 Å². The van der Waals surface area contributed by atoms with E-state index < -0.39 is 0 Å². The fourth-order valence-corrected chi connectivity index (χ4v) is 1.36. The highest BCUT2D eigenvalue weighted by molar-refractivity contribution is 5.55. The van der Waals surface area contributed by atoms with E-state index in [-0.39, 0.29) is 0 Å². The molecule has 2 nitrogen and oxygen atoms in total. The summed E-state index contributed by atoms with van der Waals surface area (Å²) in [5.41, 5.74) is 1.44. The monoisotopic (exact) mass is 207 g/mol. The number of rotatable bonds is 4. The topological polar surface area (TPSA) is 21.3 Å². The molecule has 0 spiro atoms. The van der Waals surface area contributed by atoms with Crippen molar-refractivity contribution in [3.63, 3.8) is 0 Å². The number of hydrogen-bond acceptors (Lipinski definition) is 2. The number of para-hydroxylation sites is 2. The Hall–Kier alpha value is -1.18. The van der Waals surface area contributed by atoms with Gasteiger partial charge in [-0.1, -0.05) is 32.9 Å². The lowest BCUT2D eigenvalue weighted by Gasteiger charge is -2.19. The smallest absolute Gasteiger partial charge is 0.141 e. The molecule has 0 bridgehead atoms. The zero-order valence-electron chi connectivity index (χ0n) is 10.1. The third-order valence-corrected chi connectivity index (χ3v) is 2.30. The standard InChI is InChI=1S/C13H21NO/c1-13(2,3)9-10-14-11-7-5-6-8-12(11)15-4/h5-8,14H,9-10H2,1-4H3. The predicted molar refractivity (Wildman–Crippen MR) is 65.6 cm³/mol. The maximum absolute atomic E-state index is 5.27. The Labute approximate surface area is 92.6 Å². The number of anilines is 1. The van der Waals surface area contributed by atoms with Crippen LogP contribution in [-0.4, -0.2) is 13.7 Å². The summed E-state index contributed by atoms with van der Waals surface area (Å²) in [5.74, 6) is 0.909. The average Bonchev–Trinajstić information content (AvgIpc) is 2.16. The van der Waals surface area contributed by atoms with Gasteiger partial charge in [-0.25, -0.2) is 0 Å². The van der Waals surface area contributed by atoms with Crippen LogP contribution in [0, 0.1) is 5.41 Å². The molecule has 0 saturated carbocycles. The highest BCUT2D eigenvalue weighted by atomic mass is 16.5. The summed E-state index contributed by atoms with van der Waals surface area (Å²) in [6, 6.07) is 8.01. The first-order chi connectivity index (χ1) is 7.03. The number of nitrogens with one attached hydrogen (secondary N) is 1. The van der Waals surface area contributed by atoms with Crippen LogP contribution in [0.5, 0.6) is 5.75 Å². The molecule has 0 unspecified atom stereocenters. The van der Waals surface area contributed by atoms with Gasteiger partial charge in [0.1, 0.15) is 5.75 Å². The Kier molecular flexibility index (Phi) is 4.01. The molecule has 15 heavy (non-hydrogen) atoms. The SMILES string of the molecule is COc1ccccc1NCCC(C)(C)C. The van der Waals surface area contributed by atoms with E-state index in [1.54, 1.807) is 7.11 Å². The van der Waals surface area contributed by atoms with Gasteiger partial charge < -0.3 is 10.1 Å². The first-order valence-corrected chi connectivity index (χ1v) is 5.40. The van der Waals surface area contributed by atoms with Gasteiger partial charge in [0.15, 0.2) is 0 Å². The van der Waals surface area contributed by atoms with Crippen LogP contribution in [0.25, 0.3) is 0 Å². The minimum atomic E-state index is 0.370. The van der Waals surface area contributed by atoms with Crippen molar-refractivity contribution in [1.82, 2.24) is 0 Å². The van der Waals surface area contributed by atoms with Crippen LogP contribution in [0.3, 0.4) is 0 Å². The van der Waals surface area contributed by atoms with Crippen molar-refractivity contribution >= 4 is 5.69 Å². The minimum Gasteiger partial charge on any atom is -0.495 e. The Morgan fingerprint density at radius 1 is 1.20 bits per heavy atom. The van der Waals surface area contributed by atoms with Crippen molar-refractivity contribution in [1.29, 1.82) is 0 Å². The van der Waals surface area contributed by atoms with Gasteiger partial charge in [-0.05, 0) is 24.0 Å². The van der Waals surface area contributed by atoms with E-state index in [0.717, 1.165) is 24.4 Å². The first kappa shape index (κ1) is 11.9. The van der Waals surface area contributed by atoms with Crippen molar-refractivity contribution < 1.29 is 4.74 Å². The van der Waals surface area contributed by atoms with Gasteiger partial charge in [-0.15, -0.1) is 0 Å². The molecule has 1 rings (SSSR count). The normalized spacial score (nSPS) is 11.2. The lowest BCUT2D eigenvalue weighted by molar-refractivity contribution is 0.388.